The van der Waals surface area contributed by atoms with Gasteiger partial charge in [-0.1, -0.05) is 27.2 Å². The minimum Gasteiger partial charge on any atom is -0.490 e. The third-order valence-electron chi connectivity index (χ3n) is 4.34. The van der Waals surface area contributed by atoms with E-state index in [1.54, 1.807) is 0 Å². The number of unbranched alkanes of at least 4 members (excludes halogenated alkanes) is 1. The molecule has 0 radical (unpaired) electrons. The van der Waals surface area contributed by atoms with Gasteiger partial charge in [-0.25, -0.2) is 4.68 Å². The van der Waals surface area contributed by atoms with Crippen LogP contribution < -0.4 is 4.74 Å². The molecule has 0 amide bonds. The lowest BCUT2D eigenvalue weighted by Gasteiger charge is -2.18. The van der Waals surface area contributed by atoms with E-state index >= 15 is 0 Å². The summed E-state index contributed by atoms with van der Waals surface area (Å²) in [6.07, 6.45) is 6.69. The number of benzene rings is 1. The van der Waals surface area contributed by atoms with Gasteiger partial charge in [0, 0.05) is 12.7 Å². The SMILES string of the molecule is CCCCN(C)Cc1ccnn1-c1ccc(OC(CC)CC)cc1. The van der Waals surface area contributed by atoms with Crippen LogP contribution in [0.2, 0.25) is 0 Å². The molecule has 2 rings (SSSR count). The van der Waals surface area contributed by atoms with Crippen molar-refractivity contribution in [2.24, 2.45) is 0 Å². The fourth-order valence-electron chi connectivity index (χ4n) is 2.78. The maximum absolute atomic E-state index is 5.99. The van der Waals surface area contributed by atoms with Crippen LogP contribution in [0.4, 0.5) is 0 Å². The molecule has 0 aliphatic rings. The minimum atomic E-state index is 0.295. The molecule has 0 spiro atoms. The number of ether oxygens (including phenoxy) is 1. The van der Waals surface area contributed by atoms with Gasteiger partial charge in [-0.2, -0.15) is 5.10 Å². The predicted octanol–water partition coefficient (Wildman–Crippen LogP) is 4.67. The first-order valence-corrected chi connectivity index (χ1v) is 9.16. The molecule has 0 saturated carbocycles. The van der Waals surface area contributed by atoms with Gasteiger partial charge in [0.15, 0.2) is 0 Å². The summed E-state index contributed by atoms with van der Waals surface area (Å²) in [5.74, 6) is 0.932. The lowest BCUT2D eigenvalue weighted by Crippen LogP contribution is -2.21. The fraction of sp³-hybridized carbons (Fsp3) is 0.550. The standard InChI is InChI=1S/C20H31N3O/c1-5-8-15-22(4)16-18-13-14-21-23(18)17-9-11-20(12-10-17)24-19(6-2)7-3/h9-14,19H,5-8,15-16H2,1-4H3. The van der Waals surface area contributed by atoms with Crippen molar-refractivity contribution in [2.45, 2.75) is 59.1 Å². The average Bonchev–Trinajstić information content (AvgIpc) is 3.06. The molecule has 0 aliphatic heterocycles. The molecule has 0 N–H and O–H groups in total. The van der Waals surface area contributed by atoms with Crippen LogP contribution in [0.1, 0.15) is 52.1 Å². The molecule has 0 unspecified atom stereocenters. The summed E-state index contributed by atoms with van der Waals surface area (Å²) in [6.45, 7) is 8.57. The van der Waals surface area contributed by atoms with E-state index in [0.29, 0.717) is 6.10 Å². The van der Waals surface area contributed by atoms with Crippen molar-refractivity contribution in [1.82, 2.24) is 14.7 Å². The molecular weight excluding hydrogens is 298 g/mol. The van der Waals surface area contributed by atoms with Gasteiger partial charge in [-0.05, 0) is 63.2 Å². The van der Waals surface area contributed by atoms with Crippen LogP contribution in [0, 0.1) is 0 Å². The van der Waals surface area contributed by atoms with Gasteiger partial charge < -0.3 is 9.64 Å². The second kappa shape index (κ2) is 9.48. The summed E-state index contributed by atoms with van der Waals surface area (Å²) >= 11 is 0. The molecule has 132 valence electrons. The quantitative estimate of drug-likeness (QED) is 0.634. The van der Waals surface area contributed by atoms with E-state index in [1.807, 2.05) is 23.0 Å². The van der Waals surface area contributed by atoms with Gasteiger partial charge in [-0.15, -0.1) is 0 Å². The molecule has 2 aromatic rings. The maximum atomic E-state index is 5.99. The number of hydrogen-bond donors (Lipinski definition) is 0. The molecule has 1 aromatic heterocycles. The van der Waals surface area contributed by atoms with Crippen molar-refractivity contribution in [3.8, 4) is 11.4 Å². The number of aromatic nitrogens is 2. The molecule has 24 heavy (non-hydrogen) atoms. The third kappa shape index (κ3) is 5.10. The number of hydrogen-bond acceptors (Lipinski definition) is 3. The zero-order valence-corrected chi connectivity index (χ0v) is 15.5. The summed E-state index contributed by atoms with van der Waals surface area (Å²) in [5.41, 5.74) is 2.29. The molecule has 1 aromatic carbocycles. The molecule has 0 atom stereocenters. The normalized spacial score (nSPS) is 11.4. The van der Waals surface area contributed by atoms with Gasteiger partial charge in [0.2, 0.25) is 0 Å². The lowest BCUT2D eigenvalue weighted by molar-refractivity contribution is 0.193. The van der Waals surface area contributed by atoms with Crippen molar-refractivity contribution < 1.29 is 4.74 Å². The Balaban J connectivity index is 2.05. The Morgan fingerprint density at radius 1 is 1.08 bits per heavy atom. The Kier molecular flexibility index (Phi) is 7.32. The van der Waals surface area contributed by atoms with Crippen molar-refractivity contribution >= 4 is 0 Å². The van der Waals surface area contributed by atoms with Crippen molar-refractivity contribution in [3.63, 3.8) is 0 Å². The first-order chi connectivity index (χ1) is 11.7. The maximum Gasteiger partial charge on any atom is 0.119 e. The molecule has 4 heteroatoms. The predicted molar refractivity (Wildman–Crippen MR) is 99.8 cm³/mol. The summed E-state index contributed by atoms with van der Waals surface area (Å²) in [5, 5.41) is 4.49. The summed E-state index contributed by atoms with van der Waals surface area (Å²) < 4.78 is 8.00. The van der Waals surface area contributed by atoms with E-state index in [-0.39, 0.29) is 0 Å². The average molecular weight is 329 g/mol. The first kappa shape index (κ1) is 18.5. The van der Waals surface area contributed by atoms with E-state index in [4.69, 9.17) is 4.74 Å². The molecule has 0 bridgehead atoms. The van der Waals surface area contributed by atoms with Crippen LogP contribution >= 0.6 is 0 Å². The number of rotatable bonds is 10. The molecule has 0 aliphatic carbocycles. The molecule has 1 heterocycles. The van der Waals surface area contributed by atoms with Gasteiger partial charge in [0.1, 0.15) is 5.75 Å². The van der Waals surface area contributed by atoms with Crippen molar-refractivity contribution in [1.29, 1.82) is 0 Å². The van der Waals surface area contributed by atoms with Crippen molar-refractivity contribution in [3.05, 3.63) is 42.2 Å². The highest BCUT2D eigenvalue weighted by Gasteiger charge is 2.09. The monoisotopic (exact) mass is 329 g/mol. The Morgan fingerprint density at radius 2 is 1.79 bits per heavy atom. The zero-order valence-electron chi connectivity index (χ0n) is 15.5. The van der Waals surface area contributed by atoms with E-state index in [0.717, 1.165) is 37.4 Å². The van der Waals surface area contributed by atoms with E-state index in [9.17, 15) is 0 Å². The molecular formula is C20H31N3O. The van der Waals surface area contributed by atoms with Crippen LogP contribution in [0.15, 0.2) is 36.5 Å². The highest BCUT2D eigenvalue weighted by molar-refractivity contribution is 5.38. The summed E-state index contributed by atoms with van der Waals surface area (Å²) in [6, 6.07) is 10.3. The Bertz CT molecular complexity index is 587. The highest BCUT2D eigenvalue weighted by Crippen LogP contribution is 2.19. The topological polar surface area (TPSA) is 30.3 Å². The van der Waals surface area contributed by atoms with Gasteiger partial charge in [0.25, 0.3) is 0 Å². The zero-order chi connectivity index (χ0) is 17.4. The molecule has 0 saturated heterocycles. The molecule has 4 nitrogen and oxygen atoms in total. The van der Waals surface area contributed by atoms with E-state index < -0.39 is 0 Å². The van der Waals surface area contributed by atoms with Gasteiger partial charge >= 0.3 is 0 Å². The van der Waals surface area contributed by atoms with E-state index in [1.165, 1.54) is 18.5 Å². The fourth-order valence-corrected chi connectivity index (χ4v) is 2.78. The second-order valence-corrected chi connectivity index (χ2v) is 6.38. The number of nitrogens with zero attached hydrogens (tertiary/aromatic N) is 3. The van der Waals surface area contributed by atoms with Crippen LogP contribution in [-0.4, -0.2) is 34.4 Å². The van der Waals surface area contributed by atoms with Crippen molar-refractivity contribution in [2.75, 3.05) is 13.6 Å². The van der Waals surface area contributed by atoms with Crippen LogP contribution in [0.25, 0.3) is 5.69 Å². The second-order valence-electron chi connectivity index (χ2n) is 6.38. The Labute approximate surface area is 146 Å². The van der Waals surface area contributed by atoms with Gasteiger partial charge in [0.05, 0.1) is 17.5 Å². The summed E-state index contributed by atoms with van der Waals surface area (Å²) in [4.78, 5) is 2.35. The third-order valence-corrected chi connectivity index (χ3v) is 4.34. The minimum absolute atomic E-state index is 0.295. The first-order valence-electron chi connectivity index (χ1n) is 9.16. The Morgan fingerprint density at radius 3 is 2.42 bits per heavy atom. The molecule has 0 fully saturated rings. The largest absolute Gasteiger partial charge is 0.490 e. The smallest absolute Gasteiger partial charge is 0.119 e. The van der Waals surface area contributed by atoms with Crippen LogP contribution in [-0.2, 0) is 6.54 Å². The lowest BCUT2D eigenvalue weighted by atomic mass is 10.2. The van der Waals surface area contributed by atoms with Crippen LogP contribution in [0.3, 0.4) is 0 Å². The highest BCUT2D eigenvalue weighted by atomic mass is 16.5. The van der Waals surface area contributed by atoms with Gasteiger partial charge in [-0.3, -0.25) is 0 Å². The van der Waals surface area contributed by atoms with E-state index in [2.05, 4.69) is 56.0 Å². The van der Waals surface area contributed by atoms with Crippen LogP contribution in [0.5, 0.6) is 5.75 Å². The Hall–Kier alpha value is -1.81. The summed E-state index contributed by atoms with van der Waals surface area (Å²) in [7, 11) is 2.17.